The van der Waals surface area contributed by atoms with E-state index in [1.54, 1.807) is 36.4 Å². The summed E-state index contributed by atoms with van der Waals surface area (Å²) in [4.78, 5) is 25.4. The molecule has 0 radical (unpaired) electrons. The zero-order valence-corrected chi connectivity index (χ0v) is 21.1. The first kappa shape index (κ1) is 25.5. The Morgan fingerprint density at radius 2 is 1.66 bits per heavy atom. The van der Waals surface area contributed by atoms with Crippen molar-refractivity contribution in [3.05, 3.63) is 62.6 Å². The number of halogens is 5. The van der Waals surface area contributed by atoms with E-state index in [0.717, 1.165) is 25.7 Å². The minimum Gasteiger partial charge on any atom is -0.352 e. The quantitative estimate of drug-likeness (QED) is 0.258. The van der Waals surface area contributed by atoms with Gasteiger partial charge < -0.3 is 10.6 Å². The third-order valence-corrected chi connectivity index (χ3v) is 7.08. The summed E-state index contributed by atoms with van der Waals surface area (Å²) in [6.07, 6.45) is 4.21. The highest BCUT2D eigenvalue weighted by Gasteiger charge is 2.67. The van der Waals surface area contributed by atoms with Crippen molar-refractivity contribution in [1.82, 2.24) is 5.32 Å². The molecule has 0 bridgehead atoms. The molecule has 2 N–H and O–H groups in total. The van der Waals surface area contributed by atoms with Crippen LogP contribution >= 0.6 is 58.0 Å². The van der Waals surface area contributed by atoms with Gasteiger partial charge in [0.1, 0.15) is 4.33 Å². The molecule has 9 heteroatoms. The SMILES string of the molecule is CCCCCCNC(=O)c1cc(NC(=O)C2C(c3cc(Cl)cc(Cl)c3)C2(Cl)Cl)ccc1Cl. The first-order chi connectivity index (χ1) is 15.1. The number of carbonyl (C=O) groups excluding carboxylic acids is 2. The summed E-state index contributed by atoms with van der Waals surface area (Å²) in [5.74, 6) is -1.82. The standard InChI is InChI=1S/C23H23Cl5N2O2/c1-2-3-4-5-8-29-21(31)17-12-16(6-7-18(17)26)30-22(32)20-19(23(20,27)28)13-9-14(24)11-15(25)10-13/h6-7,9-12,19-20H,2-5,8H2,1H3,(H,29,31)(H,30,32). The lowest BCUT2D eigenvalue weighted by Gasteiger charge is -2.10. The second-order valence-electron chi connectivity index (χ2n) is 7.83. The Morgan fingerprint density at radius 3 is 2.31 bits per heavy atom. The van der Waals surface area contributed by atoms with Gasteiger partial charge in [0.2, 0.25) is 5.91 Å². The van der Waals surface area contributed by atoms with Crippen LogP contribution in [0.15, 0.2) is 36.4 Å². The molecule has 0 saturated heterocycles. The van der Waals surface area contributed by atoms with Crippen LogP contribution in [0.2, 0.25) is 15.1 Å². The van der Waals surface area contributed by atoms with Crippen LogP contribution in [0.1, 0.15) is 54.4 Å². The van der Waals surface area contributed by atoms with Crippen molar-refractivity contribution in [2.45, 2.75) is 42.9 Å². The fourth-order valence-corrected chi connectivity index (χ4v) is 5.24. The van der Waals surface area contributed by atoms with Gasteiger partial charge in [0.15, 0.2) is 0 Å². The Balaban J connectivity index is 1.67. The Hall–Kier alpha value is -1.17. The van der Waals surface area contributed by atoms with Gasteiger partial charge >= 0.3 is 0 Å². The predicted molar refractivity (Wildman–Crippen MR) is 134 cm³/mol. The van der Waals surface area contributed by atoms with Gasteiger partial charge in [-0.1, -0.05) is 61.0 Å². The van der Waals surface area contributed by atoms with Crippen molar-refractivity contribution in [3.63, 3.8) is 0 Å². The molecular formula is C23H23Cl5N2O2. The highest BCUT2D eigenvalue weighted by atomic mass is 35.5. The number of nitrogens with one attached hydrogen (secondary N) is 2. The van der Waals surface area contributed by atoms with Crippen molar-refractivity contribution in [2.24, 2.45) is 5.92 Å². The number of hydrogen-bond donors (Lipinski definition) is 2. The summed E-state index contributed by atoms with van der Waals surface area (Å²) in [6, 6.07) is 9.71. The van der Waals surface area contributed by atoms with Crippen LogP contribution in [0.5, 0.6) is 0 Å². The third-order valence-electron chi connectivity index (χ3n) is 5.37. The molecule has 2 unspecified atom stereocenters. The maximum absolute atomic E-state index is 12.9. The molecule has 2 aromatic carbocycles. The fourth-order valence-electron chi connectivity index (χ4n) is 3.67. The molecule has 1 aliphatic rings. The van der Waals surface area contributed by atoms with Gasteiger partial charge in [-0.2, -0.15) is 0 Å². The van der Waals surface area contributed by atoms with Crippen molar-refractivity contribution in [1.29, 1.82) is 0 Å². The van der Waals surface area contributed by atoms with Gasteiger partial charge in [0, 0.05) is 28.2 Å². The molecule has 1 fully saturated rings. The second kappa shape index (κ2) is 10.8. The maximum Gasteiger partial charge on any atom is 0.252 e. The summed E-state index contributed by atoms with van der Waals surface area (Å²) < 4.78 is -1.29. The molecule has 2 aromatic rings. The van der Waals surface area contributed by atoms with Crippen LogP contribution in [0, 0.1) is 5.92 Å². The molecule has 1 aliphatic carbocycles. The minimum atomic E-state index is -1.29. The molecule has 0 spiro atoms. The monoisotopic (exact) mass is 534 g/mol. The highest BCUT2D eigenvalue weighted by Crippen LogP contribution is 2.65. The second-order valence-corrected chi connectivity index (χ2v) is 10.6. The van der Waals surface area contributed by atoms with Gasteiger partial charge in [-0.25, -0.2) is 0 Å². The van der Waals surface area contributed by atoms with Gasteiger partial charge in [-0.05, 0) is 48.4 Å². The largest absolute Gasteiger partial charge is 0.352 e. The fraction of sp³-hybridized carbons (Fsp3) is 0.391. The van der Waals surface area contributed by atoms with Crippen molar-refractivity contribution >= 4 is 75.5 Å². The number of unbranched alkanes of at least 4 members (excludes halogenated alkanes) is 3. The summed E-state index contributed by atoms with van der Waals surface area (Å²) in [5, 5.41) is 6.82. The molecule has 1 saturated carbocycles. The molecule has 0 aromatic heterocycles. The van der Waals surface area contributed by atoms with E-state index in [-0.39, 0.29) is 17.4 Å². The summed E-state index contributed by atoms with van der Waals surface area (Å²) >= 11 is 31.2. The Labute approximate surface area is 212 Å². The van der Waals surface area contributed by atoms with Gasteiger partial charge in [-0.15, -0.1) is 23.2 Å². The highest BCUT2D eigenvalue weighted by molar-refractivity contribution is 6.53. The minimum absolute atomic E-state index is 0.288. The van der Waals surface area contributed by atoms with Crippen LogP contribution in [-0.4, -0.2) is 22.7 Å². The molecule has 2 amide bonds. The molecule has 3 rings (SSSR count). The Kier molecular flexibility index (Phi) is 8.62. The van der Waals surface area contributed by atoms with E-state index in [1.165, 1.54) is 0 Å². The summed E-state index contributed by atoms with van der Waals surface area (Å²) in [7, 11) is 0. The Bertz CT molecular complexity index is 992. The molecule has 0 aliphatic heterocycles. The molecular weight excluding hydrogens is 514 g/mol. The number of amides is 2. The van der Waals surface area contributed by atoms with Crippen LogP contribution in [0.3, 0.4) is 0 Å². The number of rotatable bonds is 9. The summed E-state index contributed by atoms with van der Waals surface area (Å²) in [6.45, 7) is 2.70. The van der Waals surface area contributed by atoms with E-state index >= 15 is 0 Å². The van der Waals surface area contributed by atoms with E-state index in [1.807, 2.05) is 0 Å². The molecule has 4 nitrogen and oxygen atoms in total. The maximum atomic E-state index is 12.9. The van der Waals surface area contributed by atoms with Crippen LogP contribution in [0.25, 0.3) is 0 Å². The number of benzene rings is 2. The van der Waals surface area contributed by atoms with Crippen molar-refractivity contribution in [3.8, 4) is 0 Å². The molecule has 0 heterocycles. The van der Waals surface area contributed by atoms with Crippen LogP contribution in [-0.2, 0) is 4.79 Å². The van der Waals surface area contributed by atoms with E-state index in [2.05, 4.69) is 17.6 Å². The zero-order valence-electron chi connectivity index (χ0n) is 17.4. The van der Waals surface area contributed by atoms with Gasteiger partial charge in [-0.3, -0.25) is 9.59 Å². The predicted octanol–water partition coefficient (Wildman–Crippen LogP) is 7.48. The summed E-state index contributed by atoms with van der Waals surface area (Å²) in [5.41, 5.74) is 1.40. The third kappa shape index (κ3) is 6.03. The molecule has 172 valence electrons. The van der Waals surface area contributed by atoms with Crippen molar-refractivity contribution < 1.29 is 9.59 Å². The normalized spacial score (nSPS) is 18.8. The van der Waals surface area contributed by atoms with E-state index in [4.69, 9.17) is 58.0 Å². The lowest BCUT2D eigenvalue weighted by molar-refractivity contribution is -0.117. The lowest BCUT2D eigenvalue weighted by Crippen LogP contribution is -2.25. The molecule has 32 heavy (non-hydrogen) atoms. The van der Waals surface area contributed by atoms with E-state index in [9.17, 15) is 9.59 Å². The number of alkyl halides is 2. The first-order valence-corrected chi connectivity index (χ1v) is 12.3. The lowest BCUT2D eigenvalue weighted by atomic mass is 10.1. The van der Waals surface area contributed by atoms with Crippen LogP contribution in [0.4, 0.5) is 5.69 Å². The first-order valence-electron chi connectivity index (χ1n) is 10.4. The van der Waals surface area contributed by atoms with Crippen LogP contribution < -0.4 is 10.6 Å². The number of carbonyl (C=O) groups is 2. The van der Waals surface area contributed by atoms with Gasteiger partial charge in [0.25, 0.3) is 5.91 Å². The Morgan fingerprint density at radius 1 is 0.969 bits per heavy atom. The number of anilines is 1. The number of hydrogen-bond acceptors (Lipinski definition) is 2. The average Bonchev–Trinajstić information content (AvgIpc) is 3.30. The van der Waals surface area contributed by atoms with Crippen molar-refractivity contribution in [2.75, 3.05) is 11.9 Å². The molecule has 2 atom stereocenters. The smallest absolute Gasteiger partial charge is 0.252 e. The van der Waals surface area contributed by atoms with E-state index in [0.29, 0.717) is 32.9 Å². The zero-order chi connectivity index (χ0) is 23.5. The average molecular weight is 537 g/mol. The topological polar surface area (TPSA) is 58.2 Å². The van der Waals surface area contributed by atoms with Gasteiger partial charge in [0.05, 0.1) is 16.5 Å². The van der Waals surface area contributed by atoms with E-state index < -0.39 is 16.2 Å².